The standard InChI is InChI=1S/C11H15ClN4O3/c1-13-10(17)7-6-16(3-4-19-7)9-5-8(12)14-11(15-9)18-2/h5,7H,3-4,6H2,1-2H3,(H,13,17). The van der Waals surface area contributed by atoms with Crippen molar-refractivity contribution >= 4 is 23.3 Å². The van der Waals surface area contributed by atoms with Gasteiger partial charge in [0.1, 0.15) is 11.0 Å². The third kappa shape index (κ3) is 3.24. The monoisotopic (exact) mass is 286 g/mol. The van der Waals surface area contributed by atoms with Crippen LogP contribution in [0.1, 0.15) is 0 Å². The van der Waals surface area contributed by atoms with E-state index in [1.165, 1.54) is 7.11 Å². The minimum absolute atomic E-state index is 0.156. The number of hydrogen-bond acceptors (Lipinski definition) is 6. The van der Waals surface area contributed by atoms with Crippen molar-refractivity contribution in [1.29, 1.82) is 0 Å². The van der Waals surface area contributed by atoms with Crippen LogP contribution in [0.4, 0.5) is 5.82 Å². The van der Waals surface area contributed by atoms with Crippen LogP contribution in [0.25, 0.3) is 0 Å². The number of likely N-dealkylation sites (N-methyl/N-ethyl adjacent to an activating group) is 1. The van der Waals surface area contributed by atoms with E-state index in [2.05, 4.69) is 15.3 Å². The van der Waals surface area contributed by atoms with E-state index < -0.39 is 6.10 Å². The Kier molecular flexibility index (Phi) is 4.39. The van der Waals surface area contributed by atoms with E-state index in [0.717, 1.165) is 0 Å². The third-order valence-corrected chi connectivity index (χ3v) is 2.97. The fourth-order valence-corrected chi connectivity index (χ4v) is 1.99. The number of methoxy groups -OCH3 is 1. The molecule has 2 rings (SSSR count). The highest BCUT2D eigenvalue weighted by Gasteiger charge is 2.27. The summed E-state index contributed by atoms with van der Waals surface area (Å²) in [5.41, 5.74) is 0. The molecule has 1 amide bonds. The number of hydrogen-bond donors (Lipinski definition) is 1. The number of morpholine rings is 1. The highest BCUT2D eigenvalue weighted by atomic mass is 35.5. The molecule has 19 heavy (non-hydrogen) atoms. The molecule has 0 radical (unpaired) electrons. The first-order chi connectivity index (χ1) is 9.13. The molecule has 1 N–H and O–H groups in total. The minimum Gasteiger partial charge on any atom is -0.467 e. The number of ether oxygens (including phenoxy) is 2. The molecule has 1 aromatic heterocycles. The van der Waals surface area contributed by atoms with E-state index in [1.54, 1.807) is 13.1 Å². The number of amides is 1. The number of carbonyl (C=O) groups excluding carboxylic acids is 1. The van der Waals surface area contributed by atoms with Gasteiger partial charge in [-0.25, -0.2) is 0 Å². The first kappa shape index (κ1) is 13.8. The van der Waals surface area contributed by atoms with Gasteiger partial charge < -0.3 is 19.7 Å². The van der Waals surface area contributed by atoms with Gasteiger partial charge in [0.25, 0.3) is 5.91 Å². The first-order valence-electron chi connectivity index (χ1n) is 5.80. The molecule has 104 valence electrons. The minimum atomic E-state index is -0.515. The molecule has 0 saturated carbocycles. The summed E-state index contributed by atoms with van der Waals surface area (Å²) in [6.07, 6.45) is -0.515. The lowest BCUT2D eigenvalue weighted by molar-refractivity contribution is -0.132. The van der Waals surface area contributed by atoms with Crippen molar-refractivity contribution < 1.29 is 14.3 Å². The summed E-state index contributed by atoms with van der Waals surface area (Å²) >= 11 is 5.91. The molecule has 8 heteroatoms. The van der Waals surface area contributed by atoms with Crippen LogP contribution in [-0.4, -0.2) is 55.8 Å². The fourth-order valence-electron chi connectivity index (χ4n) is 1.82. The van der Waals surface area contributed by atoms with Crippen molar-refractivity contribution in [3.05, 3.63) is 11.2 Å². The molecule has 0 aromatic carbocycles. The zero-order valence-electron chi connectivity index (χ0n) is 10.7. The quantitative estimate of drug-likeness (QED) is 0.794. The van der Waals surface area contributed by atoms with E-state index in [-0.39, 0.29) is 11.9 Å². The zero-order valence-corrected chi connectivity index (χ0v) is 11.5. The fraction of sp³-hybridized carbons (Fsp3) is 0.545. The molecule has 7 nitrogen and oxygen atoms in total. The summed E-state index contributed by atoms with van der Waals surface area (Å²) in [5.74, 6) is 0.464. The lowest BCUT2D eigenvalue weighted by atomic mass is 10.2. The van der Waals surface area contributed by atoms with Gasteiger partial charge in [0.2, 0.25) is 0 Å². The molecule has 0 aliphatic carbocycles. The molecule has 1 atom stereocenters. The predicted octanol–water partition coefficient (Wildman–Crippen LogP) is 0.0898. The maximum atomic E-state index is 11.6. The van der Waals surface area contributed by atoms with Crippen molar-refractivity contribution in [3.63, 3.8) is 0 Å². The maximum absolute atomic E-state index is 11.6. The largest absolute Gasteiger partial charge is 0.467 e. The molecule has 1 aliphatic rings. The van der Waals surface area contributed by atoms with Gasteiger partial charge in [-0.05, 0) is 0 Å². The Labute approximate surface area is 115 Å². The highest BCUT2D eigenvalue weighted by molar-refractivity contribution is 6.29. The molecule has 1 aliphatic heterocycles. The Morgan fingerprint density at radius 3 is 3.11 bits per heavy atom. The summed E-state index contributed by atoms with van der Waals surface area (Å²) < 4.78 is 10.4. The summed E-state index contributed by atoms with van der Waals surface area (Å²) in [6, 6.07) is 1.83. The van der Waals surface area contributed by atoms with Crippen molar-refractivity contribution in [3.8, 4) is 6.01 Å². The van der Waals surface area contributed by atoms with Crippen LogP contribution in [-0.2, 0) is 9.53 Å². The van der Waals surface area contributed by atoms with Gasteiger partial charge in [0.15, 0.2) is 6.10 Å². The van der Waals surface area contributed by atoms with Crippen molar-refractivity contribution in [2.75, 3.05) is 38.8 Å². The number of rotatable bonds is 3. The number of halogens is 1. The Morgan fingerprint density at radius 1 is 1.63 bits per heavy atom. The number of nitrogens with zero attached hydrogens (tertiary/aromatic N) is 3. The van der Waals surface area contributed by atoms with Gasteiger partial charge >= 0.3 is 6.01 Å². The predicted molar refractivity (Wildman–Crippen MR) is 69.6 cm³/mol. The van der Waals surface area contributed by atoms with Gasteiger partial charge in [-0.2, -0.15) is 9.97 Å². The number of aromatic nitrogens is 2. The molecule has 0 bridgehead atoms. The maximum Gasteiger partial charge on any atom is 0.319 e. The van der Waals surface area contributed by atoms with Crippen LogP contribution in [0.3, 0.4) is 0 Å². The summed E-state index contributed by atoms with van der Waals surface area (Å²) in [6.45, 7) is 1.49. The Balaban J connectivity index is 2.17. The molecular formula is C11H15ClN4O3. The Bertz CT molecular complexity index is 471. The number of carbonyl (C=O) groups is 1. The van der Waals surface area contributed by atoms with Crippen molar-refractivity contribution in [2.24, 2.45) is 0 Å². The van der Waals surface area contributed by atoms with Gasteiger partial charge in [-0.3, -0.25) is 4.79 Å². The average molecular weight is 287 g/mol. The zero-order chi connectivity index (χ0) is 13.8. The summed E-state index contributed by atoms with van der Waals surface area (Å²) in [4.78, 5) is 21.6. The molecule has 2 heterocycles. The van der Waals surface area contributed by atoms with E-state index in [1.807, 2.05) is 4.90 Å². The van der Waals surface area contributed by atoms with Gasteiger partial charge in [-0.15, -0.1) is 0 Å². The van der Waals surface area contributed by atoms with Gasteiger partial charge in [0, 0.05) is 19.7 Å². The summed E-state index contributed by atoms with van der Waals surface area (Å²) in [5, 5.41) is 2.86. The molecule has 1 fully saturated rings. The van der Waals surface area contributed by atoms with Crippen LogP contribution < -0.4 is 15.0 Å². The molecule has 1 aromatic rings. The smallest absolute Gasteiger partial charge is 0.319 e. The topological polar surface area (TPSA) is 76.6 Å². The van der Waals surface area contributed by atoms with E-state index in [9.17, 15) is 4.79 Å². The number of anilines is 1. The second-order valence-corrected chi connectivity index (χ2v) is 4.34. The van der Waals surface area contributed by atoms with Crippen molar-refractivity contribution in [2.45, 2.75) is 6.10 Å². The van der Waals surface area contributed by atoms with Gasteiger partial charge in [-0.1, -0.05) is 11.6 Å². The molecule has 1 unspecified atom stereocenters. The van der Waals surface area contributed by atoms with E-state index >= 15 is 0 Å². The second-order valence-electron chi connectivity index (χ2n) is 3.96. The number of nitrogens with one attached hydrogen (secondary N) is 1. The third-order valence-electron chi connectivity index (χ3n) is 2.77. The van der Waals surface area contributed by atoms with E-state index in [4.69, 9.17) is 21.1 Å². The molecule has 1 saturated heterocycles. The average Bonchev–Trinajstić information content (AvgIpc) is 2.45. The van der Waals surface area contributed by atoms with Crippen molar-refractivity contribution in [1.82, 2.24) is 15.3 Å². The van der Waals surface area contributed by atoms with Crippen LogP contribution in [0.2, 0.25) is 5.15 Å². The molecule has 0 spiro atoms. The normalized spacial score (nSPS) is 19.1. The van der Waals surface area contributed by atoms with Crippen LogP contribution in [0.15, 0.2) is 6.07 Å². The first-order valence-corrected chi connectivity index (χ1v) is 6.18. The van der Waals surface area contributed by atoms with E-state index in [0.29, 0.717) is 30.7 Å². The molecular weight excluding hydrogens is 272 g/mol. The van der Waals surface area contributed by atoms with Crippen LogP contribution in [0.5, 0.6) is 6.01 Å². The highest BCUT2D eigenvalue weighted by Crippen LogP contribution is 2.21. The lowest BCUT2D eigenvalue weighted by Gasteiger charge is -2.32. The Morgan fingerprint density at radius 2 is 2.42 bits per heavy atom. The lowest BCUT2D eigenvalue weighted by Crippen LogP contribution is -2.49. The SMILES string of the molecule is CNC(=O)C1CN(c2cc(Cl)nc(OC)n2)CCO1. The van der Waals surface area contributed by atoms with Crippen LogP contribution in [0, 0.1) is 0 Å². The summed E-state index contributed by atoms with van der Waals surface area (Å²) in [7, 11) is 3.05. The second kappa shape index (κ2) is 6.03. The Hall–Kier alpha value is -1.60. The van der Waals surface area contributed by atoms with Crippen LogP contribution >= 0.6 is 11.6 Å². The van der Waals surface area contributed by atoms with Gasteiger partial charge in [0.05, 0.1) is 20.3 Å².